The predicted octanol–water partition coefficient (Wildman–Crippen LogP) is 3.12. The molecule has 6 nitrogen and oxygen atoms in total. The molecule has 0 bridgehead atoms. The van der Waals surface area contributed by atoms with Gasteiger partial charge < -0.3 is 10.2 Å². The maximum absolute atomic E-state index is 14.6. The zero-order chi connectivity index (χ0) is 19.0. The molecule has 0 radical (unpaired) electrons. The van der Waals surface area contributed by atoms with Crippen molar-refractivity contribution in [2.75, 3.05) is 24.5 Å². The monoisotopic (exact) mass is 372 g/mol. The van der Waals surface area contributed by atoms with Gasteiger partial charge in [-0.3, -0.25) is 5.10 Å². The van der Waals surface area contributed by atoms with E-state index in [1.54, 1.807) is 18.3 Å². The Morgan fingerprint density at radius 3 is 2.96 bits per heavy atom. The maximum Gasteiger partial charge on any atom is 0.181 e. The summed E-state index contributed by atoms with van der Waals surface area (Å²) < 4.78 is 29.1. The summed E-state index contributed by atoms with van der Waals surface area (Å²) in [6.07, 6.45) is 2.60. The van der Waals surface area contributed by atoms with Crippen molar-refractivity contribution in [3.63, 3.8) is 0 Å². The first-order chi connectivity index (χ1) is 13.0. The number of rotatable bonds is 4. The molecule has 3 aromatic rings. The molecule has 4 heterocycles. The minimum Gasteiger partial charge on any atom is -0.351 e. The first-order valence-corrected chi connectivity index (χ1v) is 9.16. The summed E-state index contributed by atoms with van der Waals surface area (Å²) in [7, 11) is 0. The van der Waals surface area contributed by atoms with E-state index in [2.05, 4.69) is 39.3 Å². The lowest BCUT2D eigenvalue weighted by Gasteiger charge is -2.35. The van der Waals surface area contributed by atoms with Gasteiger partial charge in [-0.1, -0.05) is 13.8 Å². The lowest BCUT2D eigenvalue weighted by atomic mass is 10.0. The lowest BCUT2D eigenvalue weighted by Crippen LogP contribution is -2.51. The van der Waals surface area contributed by atoms with Crippen molar-refractivity contribution in [3.05, 3.63) is 36.0 Å². The molecule has 142 valence electrons. The van der Waals surface area contributed by atoms with Crippen LogP contribution in [0.15, 0.2) is 24.4 Å². The van der Waals surface area contributed by atoms with E-state index in [0.717, 1.165) is 19.0 Å². The Morgan fingerprint density at radius 1 is 1.30 bits per heavy atom. The lowest BCUT2D eigenvalue weighted by molar-refractivity contribution is 0.384. The number of aromatic amines is 1. The van der Waals surface area contributed by atoms with Gasteiger partial charge in [-0.05, 0) is 24.5 Å². The molecule has 4 rings (SSSR count). The van der Waals surface area contributed by atoms with Crippen LogP contribution in [-0.2, 0) is 0 Å². The van der Waals surface area contributed by atoms with Crippen molar-refractivity contribution in [3.8, 4) is 11.4 Å². The number of H-pyrrole nitrogens is 1. The quantitative estimate of drug-likeness (QED) is 0.736. The van der Waals surface area contributed by atoms with Crippen molar-refractivity contribution in [1.82, 2.24) is 25.5 Å². The van der Waals surface area contributed by atoms with Gasteiger partial charge in [0.1, 0.15) is 5.69 Å². The molecule has 0 amide bonds. The third kappa shape index (κ3) is 3.49. The van der Waals surface area contributed by atoms with Crippen molar-refractivity contribution in [2.24, 2.45) is 5.92 Å². The summed E-state index contributed by atoms with van der Waals surface area (Å²) in [6, 6.07) is 4.69. The SMILES string of the molecule is CC(C)C[C@@H]1CN(c2nc(-c3[nH]nc4ncccc34)c(F)cc2F)CCN1. The highest BCUT2D eigenvalue weighted by molar-refractivity contribution is 5.89. The maximum atomic E-state index is 14.6. The molecule has 0 aliphatic carbocycles. The second-order valence-corrected chi connectivity index (χ2v) is 7.32. The van der Waals surface area contributed by atoms with E-state index in [0.29, 0.717) is 35.7 Å². The fourth-order valence-electron chi connectivity index (χ4n) is 3.63. The molecule has 1 aliphatic heterocycles. The molecule has 1 fully saturated rings. The highest BCUT2D eigenvalue weighted by Crippen LogP contribution is 2.30. The van der Waals surface area contributed by atoms with Crippen LogP contribution in [0.3, 0.4) is 0 Å². The fraction of sp³-hybridized carbons (Fsp3) is 0.421. The standard InChI is InChI=1S/C19H22F2N6/c1-11(2)8-12-10-27(7-6-22-12)19-15(21)9-14(20)17(24-19)16-13-4-3-5-23-18(13)26-25-16/h3-5,9,11-12,22H,6-8,10H2,1-2H3,(H,23,25,26)/t12-/m1/s1. The van der Waals surface area contributed by atoms with Gasteiger partial charge >= 0.3 is 0 Å². The number of anilines is 1. The molecule has 1 aliphatic rings. The number of pyridine rings is 2. The molecule has 0 unspecified atom stereocenters. The second-order valence-electron chi connectivity index (χ2n) is 7.32. The van der Waals surface area contributed by atoms with Crippen molar-refractivity contribution in [1.29, 1.82) is 0 Å². The molecule has 1 atom stereocenters. The van der Waals surface area contributed by atoms with Gasteiger partial charge in [0.25, 0.3) is 0 Å². The van der Waals surface area contributed by atoms with Crippen LogP contribution in [0.5, 0.6) is 0 Å². The molecule has 27 heavy (non-hydrogen) atoms. The van der Waals surface area contributed by atoms with E-state index in [9.17, 15) is 8.78 Å². The molecular weight excluding hydrogens is 350 g/mol. The van der Waals surface area contributed by atoms with Gasteiger partial charge in [0.05, 0.1) is 5.69 Å². The summed E-state index contributed by atoms with van der Waals surface area (Å²) in [4.78, 5) is 10.4. The predicted molar refractivity (Wildman–Crippen MR) is 100 cm³/mol. The summed E-state index contributed by atoms with van der Waals surface area (Å²) >= 11 is 0. The van der Waals surface area contributed by atoms with Crippen LogP contribution in [0.1, 0.15) is 20.3 Å². The Hall–Kier alpha value is -2.61. The van der Waals surface area contributed by atoms with Crippen LogP contribution in [0.25, 0.3) is 22.4 Å². The van der Waals surface area contributed by atoms with E-state index in [-0.39, 0.29) is 17.6 Å². The smallest absolute Gasteiger partial charge is 0.181 e. The largest absolute Gasteiger partial charge is 0.351 e. The topological polar surface area (TPSA) is 69.7 Å². The highest BCUT2D eigenvalue weighted by atomic mass is 19.1. The van der Waals surface area contributed by atoms with E-state index in [1.807, 2.05) is 4.90 Å². The van der Waals surface area contributed by atoms with Crippen molar-refractivity contribution < 1.29 is 8.78 Å². The summed E-state index contributed by atoms with van der Waals surface area (Å²) in [5, 5.41) is 11.0. The van der Waals surface area contributed by atoms with E-state index < -0.39 is 11.6 Å². The zero-order valence-electron chi connectivity index (χ0n) is 15.3. The van der Waals surface area contributed by atoms with E-state index in [1.165, 1.54) is 0 Å². The minimum absolute atomic E-state index is 0.0563. The summed E-state index contributed by atoms with van der Waals surface area (Å²) in [5.74, 6) is -0.663. The number of piperazine rings is 1. The summed E-state index contributed by atoms with van der Waals surface area (Å²) in [6.45, 7) is 6.31. The molecule has 0 saturated carbocycles. The average Bonchev–Trinajstić information content (AvgIpc) is 3.05. The fourth-order valence-corrected chi connectivity index (χ4v) is 3.63. The third-order valence-corrected chi connectivity index (χ3v) is 4.79. The number of hydrogen-bond donors (Lipinski definition) is 2. The molecule has 2 N–H and O–H groups in total. The van der Waals surface area contributed by atoms with Crippen LogP contribution in [0.2, 0.25) is 0 Å². The second kappa shape index (κ2) is 7.19. The Kier molecular flexibility index (Phi) is 4.73. The third-order valence-electron chi connectivity index (χ3n) is 4.79. The number of nitrogens with one attached hydrogen (secondary N) is 2. The van der Waals surface area contributed by atoms with Gasteiger partial charge in [0.2, 0.25) is 0 Å². The van der Waals surface area contributed by atoms with E-state index in [4.69, 9.17) is 0 Å². The number of aromatic nitrogens is 4. The minimum atomic E-state index is -0.723. The van der Waals surface area contributed by atoms with Gasteiger partial charge in [-0.15, -0.1) is 0 Å². The van der Waals surface area contributed by atoms with Crippen molar-refractivity contribution >= 4 is 16.9 Å². The van der Waals surface area contributed by atoms with Crippen LogP contribution in [0, 0.1) is 17.6 Å². The molecular formula is C19H22F2N6. The first kappa shape index (κ1) is 17.8. The van der Waals surface area contributed by atoms with Crippen LogP contribution in [0.4, 0.5) is 14.6 Å². The van der Waals surface area contributed by atoms with Gasteiger partial charge in [-0.2, -0.15) is 5.10 Å². The average molecular weight is 372 g/mol. The highest BCUT2D eigenvalue weighted by Gasteiger charge is 2.25. The number of fused-ring (bicyclic) bond motifs is 1. The van der Waals surface area contributed by atoms with Crippen LogP contribution < -0.4 is 10.2 Å². The number of hydrogen-bond acceptors (Lipinski definition) is 5. The van der Waals surface area contributed by atoms with Crippen molar-refractivity contribution in [2.45, 2.75) is 26.3 Å². The molecule has 0 aromatic carbocycles. The Morgan fingerprint density at radius 2 is 2.15 bits per heavy atom. The van der Waals surface area contributed by atoms with Crippen LogP contribution in [-0.4, -0.2) is 45.8 Å². The molecule has 1 saturated heterocycles. The molecule has 0 spiro atoms. The first-order valence-electron chi connectivity index (χ1n) is 9.16. The Bertz CT molecular complexity index is 955. The number of halogens is 2. The zero-order valence-corrected chi connectivity index (χ0v) is 15.3. The number of nitrogens with zero attached hydrogens (tertiary/aromatic N) is 4. The van der Waals surface area contributed by atoms with Crippen LogP contribution >= 0.6 is 0 Å². The molecule has 3 aromatic heterocycles. The van der Waals surface area contributed by atoms with E-state index >= 15 is 0 Å². The van der Waals surface area contributed by atoms with Gasteiger partial charge in [0, 0.05) is 43.3 Å². The Balaban J connectivity index is 1.71. The Labute approximate surface area is 156 Å². The van der Waals surface area contributed by atoms with Gasteiger partial charge in [-0.25, -0.2) is 18.7 Å². The molecule has 8 heteroatoms. The van der Waals surface area contributed by atoms with Gasteiger partial charge in [0.15, 0.2) is 23.1 Å². The normalized spacial score (nSPS) is 17.8. The summed E-state index contributed by atoms with van der Waals surface area (Å²) in [5.41, 5.74) is 0.935.